The average Bonchev–Trinajstić information content (AvgIpc) is 3.48. The van der Waals surface area contributed by atoms with Crippen LogP contribution in [0.3, 0.4) is 0 Å². The molecule has 2 aliphatic carbocycles. The molecule has 9 heteroatoms. The number of aliphatic carboxylic acids is 1. The Balaban J connectivity index is 0.000000360. The minimum absolute atomic E-state index is 0.0145. The lowest BCUT2D eigenvalue weighted by atomic mass is 9.73. The molecule has 1 saturated heterocycles. The van der Waals surface area contributed by atoms with E-state index in [9.17, 15) is 18.0 Å². The number of carbonyl (C=O) groups is 2. The summed E-state index contributed by atoms with van der Waals surface area (Å²) in [5.41, 5.74) is 4.39. The van der Waals surface area contributed by atoms with Crippen molar-refractivity contribution in [1.29, 1.82) is 0 Å². The zero-order valence-electron chi connectivity index (χ0n) is 18.8. The molecule has 1 aromatic carbocycles. The molecule has 1 aromatic rings. The van der Waals surface area contributed by atoms with Gasteiger partial charge in [0.25, 0.3) is 0 Å². The van der Waals surface area contributed by atoms with E-state index in [1.165, 1.54) is 62.0 Å². The molecule has 1 atom stereocenters. The summed E-state index contributed by atoms with van der Waals surface area (Å²) in [4.78, 5) is 25.5. The van der Waals surface area contributed by atoms with Crippen LogP contribution in [0.5, 0.6) is 0 Å². The largest absolute Gasteiger partial charge is 0.490 e. The molecule has 0 radical (unpaired) electrons. The molecule has 2 N–H and O–H groups in total. The number of hydrogen-bond acceptors (Lipinski definition) is 3. The number of halogens is 3. The minimum atomic E-state index is -5.08. The number of nitrogens with one attached hydrogen (secondary N) is 1. The van der Waals surface area contributed by atoms with Crippen molar-refractivity contribution in [2.75, 3.05) is 33.7 Å². The van der Waals surface area contributed by atoms with Crippen molar-refractivity contribution < 1.29 is 27.9 Å². The number of carboxylic acid groups (broad SMARTS) is 1. The molecule has 2 fully saturated rings. The van der Waals surface area contributed by atoms with Crippen LogP contribution in [0, 0.1) is 12.8 Å². The van der Waals surface area contributed by atoms with Crippen LogP contribution in [0.1, 0.15) is 54.8 Å². The summed E-state index contributed by atoms with van der Waals surface area (Å²) in [6.45, 7) is 5.86. The van der Waals surface area contributed by atoms with Crippen LogP contribution < -0.4 is 5.32 Å². The zero-order valence-corrected chi connectivity index (χ0v) is 18.8. The van der Waals surface area contributed by atoms with Gasteiger partial charge in [-0.05, 0) is 69.2 Å². The smallest absolute Gasteiger partial charge is 0.475 e. The number of urea groups is 1. The van der Waals surface area contributed by atoms with Gasteiger partial charge in [-0.3, -0.25) is 0 Å². The highest BCUT2D eigenvalue weighted by atomic mass is 19.4. The summed E-state index contributed by atoms with van der Waals surface area (Å²) in [6, 6.07) is 7.04. The van der Waals surface area contributed by atoms with E-state index in [4.69, 9.17) is 9.90 Å². The molecule has 6 nitrogen and oxygen atoms in total. The molecule has 2 amide bonds. The fourth-order valence-electron chi connectivity index (χ4n) is 4.77. The number of carboxylic acids is 1. The van der Waals surface area contributed by atoms with Crippen LogP contribution in [0.2, 0.25) is 0 Å². The van der Waals surface area contributed by atoms with Gasteiger partial charge in [0.15, 0.2) is 0 Å². The van der Waals surface area contributed by atoms with Crippen LogP contribution in [-0.2, 0) is 10.2 Å². The minimum Gasteiger partial charge on any atom is -0.475 e. The van der Waals surface area contributed by atoms with Crippen LogP contribution in [-0.4, -0.2) is 66.8 Å². The second kappa shape index (κ2) is 9.29. The number of benzene rings is 1. The molecule has 1 aliphatic heterocycles. The molecular weight excluding hydrogens is 423 g/mol. The molecule has 4 rings (SSSR count). The molecular formula is C23H32F3N3O3. The van der Waals surface area contributed by atoms with Gasteiger partial charge in [-0.25, -0.2) is 9.59 Å². The molecule has 0 bridgehead atoms. The summed E-state index contributed by atoms with van der Waals surface area (Å²) in [5, 5.41) is 10.4. The number of hydrogen-bond donors (Lipinski definition) is 2. The van der Waals surface area contributed by atoms with E-state index in [1.807, 2.05) is 14.1 Å². The predicted octanol–water partition coefficient (Wildman–Crippen LogP) is 4.09. The van der Waals surface area contributed by atoms with Crippen molar-refractivity contribution in [3.8, 4) is 0 Å². The van der Waals surface area contributed by atoms with Crippen molar-refractivity contribution >= 4 is 12.0 Å². The van der Waals surface area contributed by atoms with E-state index in [1.54, 1.807) is 4.90 Å². The summed E-state index contributed by atoms with van der Waals surface area (Å²) >= 11 is 0. The number of alkyl halides is 3. The van der Waals surface area contributed by atoms with Crippen molar-refractivity contribution in [1.82, 2.24) is 15.1 Å². The van der Waals surface area contributed by atoms with E-state index in [-0.39, 0.29) is 17.5 Å². The summed E-state index contributed by atoms with van der Waals surface area (Å²) in [7, 11) is 3.63. The van der Waals surface area contributed by atoms with Crippen molar-refractivity contribution in [2.45, 2.75) is 56.7 Å². The van der Waals surface area contributed by atoms with E-state index in [0.29, 0.717) is 0 Å². The summed E-state index contributed by atoms with van der Waals surface area (Å²) in [6.07, 6.45) is 1.29. The maximum absolute atomic E-state index is 12.3. The lowest BCUT2D eigenvalue weighted by molar-refractivity contribution is -0.192. The van der Waals surface area contributed by atoms with Crippen LogP contribution >= 0.6 is 0 Å². The van der Waals surface area contributed by atoms with E-state index < -0.39 is 12.1 Å². The first-order valence-corrected chi connectivity index (χ1v) is 11.0. The van der Waals surface area contributed by atoms with Gasteiger partial charge in [-0.2, -0.15) is 13.2 Å². The third-order valence-electron chi connectivity index (χ3n) is 6.72. The first-order valence-electron chi connectivity index (χ1n) is 11.0. The molecule has 1 saturated carbocycles. The fourth-order valence-corrected chi connectivity index (χ4v) is 4.77. The van der Waals surface area contributed by atoms with E-state index in [0.717, 1.165) is 12.3 Å². The number of piperidine rings is 1. The Bertz CT molecular complexity index is 845. The molecule has 3 aliphatic rings. The first-order chi connectivity index (χ1) is 14.9. The number of aryl methyl sites for hydroxylation is 1. The Morgan fingerprint density at radius 1 is 1.22 bits per heavy atom. The van der Waals surface area contributed by atoms with Gasteiger partial charge in [-0.15, -0.1) is 0 Å². The van der Waals surface area contributed by atoms with Gasteiger partial charge < -0.3 is 20.2 Å². The van der Waals surface area contributed by atoms with Crippen molar-refractivity contribution in [2.24, 2.45) is 5.92 Å². The Labute approximate surface area is 186 Å². The normalized spacial score (nSPS) is 22.0. The molecule has 0 aromatic heterocycles. The van der Waals surface area contributed by atoms with Gasteiger partial charge in [-0.1, -0.05) is 23.8 Å². The summed E-state index contributed by atoms with van der Waals surface area (Å²) < 4.78 is 31.7. The number of amides is 2. The number of likely N-dealkylation sites (tertiary alicyclic amines) is 1. The second-order valence-corrected chi connectivity index (χ2v) is 9.52. The van der Waals surface area contributed by atoms with Crippen LogP contribution in [0.15, 0.2) is 18.2 Å². The van der Waals surface area contributed by atoms with Gasteiger partial charge in [0.1, 0.15) is 0 Å². The van der Waals surface area contributed by atoms with Gasteiger partial charge in [0.05, 0.1) is 6.04 Å². The molecule has 1 spiro atoms. The Hall–Kier alpha value is -2.29. The van der Waals surface area contributed by atoms with E-state index >= 15 is 0 Å². The zero-order chi connectivity index (χ0) is 23.7. The Kier molecular flexibility index (Phi) is 7.07. The molecule has 178 valence electrons. The van der Waals surface area contributed by atoms with Gasteiger partial charge in [0.2, 0.25) is 0 Å². The van der Waals surface area contributed by atoms with Gasteiger partial charge >= 0.3 is 18.2 Å². The first kappa shape index (κ1) is 24.4. The van der Waals surface area contributed by atoms with Gasteiger partial charge in [0, 0.05) is 26.1 Å². The maximum Gasteiger partial charge on any atom is 0.490 e. The highest BCUT2D eigenvalue weighted by Crippen LogP contribution is 2.51. The monoisotopic (exact) mass is 455 g/mol. The number of rotatable bonds is 3. The molecule has 32 heavy (non-hydrogen) atoms. The topological polar surface area (TPSA) is 72.9 Å². The lowest BCUT2D eigenvalue weighted by Gasteiger charge is -2.40. The maximum atomic E-state index is 12.3. The third-order valence-corrected chi connectivity index (χ3v) is 6.72. The number of carbonyl (C=O) groups excluding carboxylic acids is 1. The van der Waals surface area contributed by atoms with Crippen molar-refractivity contribution in [3.63, 3.8) is 0 Å². The molecule has 1 unspecified atom stereocenters. The number of nitrogens with zero attached hydrogens (tertiary/aromatic N) is 2. The highest BCUT2D eigenvalue weighted by Gasteiger charge is 2.46. The van der Waals surface area contributed by atoms with Crippen LogP contribution in [0.4, 0.5) is 18.0 Å². The standard InChI is InChI=1S/C21H31N3O.C2HF3O2/c1-15-4-7-18-17(12-15)19(22-20(25)23(2)3)13-21(18)8-10-24(11-9-21)14-16-5-6-16;3-2(4,5)1(6)7/h4,7,12,16,19H,5-6,8-11,13-14H2,1-3H3,(H,22,25);(H,6,7). The Morgan fingerprint density at radius 3 is 2.31 bits per heavy atom. The summed E-state index contributed by atoms with van der Waals surface area (Å²) in [5.74, 6) is -1.79. The quantitative estimate of drug-likeness (QED) is 0.720. The second-order valence-electron chi connectivity index (χ2n) is 9.52. The predicted molar refractivity (Wildman–Crippen MR) is 115 cm³/mol. The van der Waals surface area contributed by atoms with Crippen molar-refractivity contribution in [3.05, 3.63) is 34.9 Å². The SMILES string of the molecule is Cc1ccc2c(c1)C(NC(=O)N(C)C)CC21CCN(CC2CC2)CC1.O=C(O)C(F)(F)F. The number of fused-ring (bicyclic) bond motifs is 2. The van der Waals surface area contributed by atoms with E-state index in [2.05, 4.69) is 35.3 Å². The Morgan fingerprint density at radius 2 is 1.81 bits per heavy atom. The third kappa shape index (κ3) is 5.74. The fraction of sp³-hybridized carbons (Fsp3) is 0.652. The highest BCUT2D eigenvalue weighted by molar-refractivity contribution is 5.74. The van der Waals surface area contributed by atoms with Crippen LogP contribution in [0.25, 0.3) is 0 Å². The lowest BCUT2D eigenvalue weighted by Crippen LogP contribution is -2.43. The average molecular weight is 456 g/mol. The molecule has 1 heterocycles.